The molecule has 2 aromatic carbocycles. The summed E-state index contributed by atoms with van der Waals surface area (Å²) in [4.78, 5) is 11.2. The number of hydrogen-bond donors (Lipinski definition) is 0. The van der Waals surface area contributed by atoms with Crippen LogP contribution in [0.25, 0.3) is 0 Å². The average molecular weight is 356 g/mol. The minimum atomic E-state index is -4.68. The van der Waals surface area contributed by atoms with Crippen LogP contribution in [0.5, 0.6) is 5.75 Å². The Balaban J connectivity index is 1.87. The summed E-state index contributed by atoms with van der Waals surface area (Å²) in [5, 5.41) is 0. The van der Waals surface area contributed by atoms with Gasteiger partial charge in [0.1, 0.15) is 19.0 Å². The number of esters is 1. The van der Waals surface area contributed by atoms with Crippen LogP contribution in [0.15, 0.2) is 59.5 Å². The smallest absolute Gasteiger partial charge is 0.341 e. The van der Waals surface area contributed by atoms with Crippen molar-refractivity contribution < 1.29 is 31.5 Å². The minimum absolute atomic E-state index is 0.00912. The van der Waals surface area contributed by atoms with Gasteiger partial charge in [0.2, 0.25) is 9.84 Å². The van der Waals surface area contributed by atoms with Gasteiger partial charge in [-0.2, -0.15) is 8.78 Å². The fourth-order valence-electron chi connectivity index (χ4n) is 1.78. The molecule has 5 nitrogen and oxygen atoms in total. The molecule has 0 aliphatic heterocycles. The average Bonchev–Trinajstić information content (AvgIpc) is 2.59. The molecule has 0 fully saturated rings. The standard InChI is InChI=1S/C16H14F2O5S/c17-16(18)24(20,21)14-8-6-12(7-9-14)15(19)23-11-10-22-13-4-2-1-3-5-13/h1-9,16H,10-11H2. The summed E-state index contributed by atoms with van der Waals surface area (Å²) in [6.45, 7) is 0.137. The van der Waals surface area contributed by atoms with Crippen molar-refractivity contribution in [3.05, 3.63) is 60.2 Å². The largest absolute Gasteiger partial charge is 0.490 e. The fourth-order valence-corrected chi connectivity index (χ4v) is 2.50. The van der Waals surface area contributed by atoms with Crippen LogP contribution in [0.2, 0.25) is 0 Å². The van der Waals surface area contributed by atoms with E-state index in [1.165, 1.54) is 0 Å². The van der Waals surface area contributed by atoms with E-state index in [-0.39, 0.29) is 18.8 Å². The first kappa shape index (κ1) is 17.9. The van der Waals surface area contributed by atoms with Crippen molar-refractivity contribution in [2.24, 2.45) is 0 Å². The third kappa shape index (κ3) is 4.51. The number of sulfone groups is 1. The molecule has 0 amide bonds. The maximum atomic E-state index is 12.4. The van der Waals surface area contributed by atoms with Crippen LogP contribution in [0, 0.1) is 0 Å². The van der Waals surface area contributed by atoms with Gasteiger partial charge >= 0.3 is 11.7 Å². The number of ether oxygens (including phenoxy) is 2. The highest BCUT2D eigenvalue weighted by atomic mass is 32.2. The van der Waals surface area contributed by atoms with Gasteiger partial charge in [-0.05, 0) is 36.4 Å². The second-order valence-electron chi connectivity index (χ2n) is 4.63. The van der Waals surface area contributed by atoms with Crippen LogP contribution in [-0.4, -0.2) is 33.4 Å². The van der Waals surface area contributed by atoms with Gasteiger partial charge in [0.25, 0.3) is 0 Å². The molecular weight excluding hydrogens is 342 g/mol. The number of rotatable bonds is 7. The summed E-state index contributed by atoms with van der Waals surface area (Å²) in [7, 11) is -4.68. The van der Waals surface area contributed by atoms with Crippen molar-refractivity contribution in [2.75, 3.05) is 13.2 Å². The van der Waals surface area contributed by atoms with Crippen molar-refractivity contribution >= 4 is 15.8 Å². The van der Waals surface area contributed by atoms with Gasteiger partial charge in [-0.1, -0.05) is 18.2 Å². The maximum Gasteiger partial charge on any atom is 0.341 e. The Bertz CT molecular complexity index is 774. The Morgan fingerprint density at radius 2 is 1.58 bits per heavy atom. The van der Waals surface area contributed by atoms with Crippen molar-refractivity contribution in [1.29, 1.82) is 0 Å². The lowest BCUT2D eigenvalue weighted by Crippen LogP contribution is -2.14. The summed E-state index contributed by atoms with van der Waals surface area (Å²) in [6, 6.07) is 13.1. The van der Waals surface area contributed by atoms with Crippen molar-refractivity contribution in [1.82, 2.24) is 0 Å². The summed E-state index contributed by atoms with van der Waals surface area (Å²) in [5.74, 6) is -3.58. The molecule has 0 unspecified atom stereocenters. The van der Waals surface area contributed by atoms with E-state index in [0.29, 0.717) is 5.75 Å². The molecule has 0 saturated heterocycles. The predicted octanol–water partition coefficient (Wildman–Crippen LogP) is 2.92. The van der Waals surface area contributed by atoms with E-state index in [0.717, 1.165) is 24.3 Å². The van der Waals surface area contributed by atoms with Gasteiger partial charge in [0.15, 0.2) is 0 Å². The first-order valence-corrected chi connectivity index (χ1v) is 8.43. The summed E-state index contributed by atoms with van der Waals surface area (Å²) in [5.41, 5.74) is 0.0583. The Labute approximate surface area is 137 Å². The highest BCUT2D eigenvalue weighted by molar-refractivity contribution is 7.91. The van der Waals surface area contributed by atoms with Gasteiger partial charge in [-0.3, -0.25) is 0 Å². The first-order chi connectivity index (χ1) is 11.4. The number of hydrogen-bond acceptors (Lipinski definition) is 5. The van der Waals surface area contributed by atoms with E-state index in [9.17, 15) is 22.0 Å². The lowest BCUT2D eigenvalue weighted by Gasteiger charge is -2.08. The van der Waals surface area contributed by atoms with Crippen LogP contribution in [0.4, 0.5) is 8.78 Å². The number of para-hydroxylation sites is 1. The van der Waals surface area contributed by atoms with E-state index < -0.39 is 26.5 Å². The van der Waals surface area contributed by atoms with Crippen LogP contribution < -0.4 is 4.74 Å². The third-order valence-corrected chi connectivity index (χ3v) is 4.38. The molecule has 0 radical (unpaired) electrons. The zero-order valence-corrected chi connectivity index (χ0v) is 13.2. The molecule has 0 bridgehead atoms. The van der Waals surface area contributed by atoms with Crippen molar-refractivity contribution in [2.45, 2.75) is 10.7 Å². The Kier molecular flexibility index (Phi) is 5.86. The fraction of sp³-hybridized carbons (Fsp3) is 0.188. The lowest BCUT2D eigenvalue weighted by atomic mass is 10.2. The molecule has 8 heteroatoms. The van der Waals surface area contributed by atoms with E-state index >= 15 is 0 Å². The molecule has 0 atom stereocenters. The Morgan fingerprint density at radius 1 is 0.958 bits per heavy atom. The second kappa shape index (κ2) is 7.87. The number of benzene rings is 2. The third-order valence-electron chi connectivity index (χ3n) is 2.98. The van der Waals surface area contributed by atoms with Gasteiger partial charge in [0, 0.05) is 0 Å². The van der Waals surface area contributed by atoms with E-state index in [1.54, 1.807) is 24.3 Å². The number of carbonyl (C=O) groups is 1. The molecule has 2 aromatic rings. The van der Waals surface area contributed by atoms with E-state index in [2.05, 4.69) is 0 Å². The quantitative estimate of drug-likeness (QED) is 0.564. The number of carbonyl (C=O) groups excluding carboxylic acids is 1. The van der Waals surface area contributed by atoms with Crippen molar-refractivity contribution in [3.8, 4) is 5.75 Å². The van der Waals surface area contributed by atoms with Crippen LogP contribution in [0.1, 0.15) is 10.4 Å². The summed E-state index contributed by atoms with van der Waals surface area (Å²) in [6.07, 6.45) is 0. The topological polar surface area (TPSA) is 69.7 Å². The molecule has 0 aliphatic rings. The van der Waals surface area contributed by atoms with E-state index in [1.807, 2.05) is 6.07 Å². The molecule has 2 rings (SSSR count). The molecule has 24 heavy (non-hydrogen) atoms. The SMILES string of the molecule is O=C(OCCOc1ccccc1)c1ccc(S(=O)(=O)C(F)F)cc1. The Morgan fingerprint density at radius 3 is 2.17 bits per heavy atom. The summed E-state index contributed by atoms with van der Waals surface area (Å²) >= 11 is 0. The minimum Gasteiger partial charge on any atom is -0.490 e. The summed E-state index contributed by atoms with van der Waals surface area (Å²) < 4.78 is 57.7. The predicted molar refractivity (Wildman–Crippen MR) is 81.9 cm³/mol. The molecular formula is C16H14F2O5S. The van der Waals surface area contributed by atoms with Gasteiger partial charge in [-0.15, -0.1) is 0 Å². The molecule has 0 N–H and O–H groups in total. The normalized spacial score (nSPS) is 11.3. The molecule has 0 spiro atoms. The Hall–Kier alpha value is -2.48. The molecule has 0 aliphatic carbocycles. The maximum absolute atomic E-state index is 12.4. The van der Waals surface area contributed by atoms with Gasteiger partial charge < -0.3 is 9.47 Å². The first-order valence-electron chi connectivity index (χ1n) is 6.88. The van der Waals surface area contributed by atoms with E-state index in [4.69, 9.17) is 9.47 Å². The molecule has 128 valence electrons. The highest BCUT2D eigenvalue weighted by Crippen LogP contribution is 2.18. The van der Waals surface area contributed by atoms with Crippen LogP contribution >= 0.6 is 0 Å². The lowest BCUT2D eigenvalue weighted by molar-refractivity contribution is 0.0450. The molecule has 0 aromatic heterocycles. The second-order valence-corrected chi connectivity index (χ2v) is 6.55. The van der Waals surface area contributed by atoms with Gasteiger partial charge in [0.05, 0.1) is 10.5 Å². The zero-order chi connectivity index (χ0) is 17.6. The zero-order valence-electron chi connectivity index (χ0n) is 12.4. The number of alkyl halides is 2. The van der Waals surface area contributed by atoms with Gasteiger partial charge in [-0.25, -0.2) is 13.2 Å². The van der Waals surface area contributed by atoms with Crippen LogP contribution in [-0.2, 0) is 14.6 Å². The molecule has 0 heterocycles. The number of halogens is 2. The molecule has 0 saturated carbocycles. The highest BCUT2D eigenvalue weighted by Gasteiger charge is 2.26. The monoisotopic (exact) mass is 356 g/mol. The van der Waals surface area contributed by atoms with Crippen molar-refractivity contribution in [3.63, 3.8) is 0 Å². The van der Waals surface area contributed by atoms with Crippen LogP contribution in [0.3, 0.4) is 0 Å².